The SMILES string of the molecule is CCC(C(=O)N1CCN(c2cc(Cl)ccc2C)CC1)N(c1ccc(C)c(C)c1)S(C)(=O)=O. The Morgan fingerprint density at radius 3 is 2.19 bits per heavy atom. The maximum absolute atomic E-state index is 13.5. The van der Waals surface area contributed by atoms with Crippen molar-refractivity contribution in [2.45, 2.75) is 40.2 Å². The summed E-state index contributed by atoms with van der Waals surface area (Å²) in [4.78, 5) is 17.5. The second kappa shape index (κ2) is 9.71. The van der Waals surface area contributed by atoms with Crippen LogP contribution in [0.5, 0.6) is 0 Å². The Labute approximate surface area is 196 Å². The number of piperazine rings is 1. The van der Waals surface area contributed by atoms with Gasteiger partial charge in [0.25, 0.3) is 0 Å². The summed E-state index contributed by atoms with van der Waals surface area (Å²) in [5.74, 6) is -0.154. The molecule has 0 radical (unpaired) electrons. The molecule has 6 nitrogen and oxygen atoms in total. The van der Waals surface area contributed by atoms with E-state index in [-0.39, 0.29) is 5.91 Å². The Morgan fingerprint density at radius 2 is 1.62 bits per heavy atom. The third-order valence-corrected chi connectivity index (χ3v) is 7.58. The normalized spacial score (nSPS) is 15.6. The summed E-state index contributed by atoms with van der Waals surface area (Å²) in [5, 5.41) is 0.687. The predicted octanol–water partition coefficient (Wildman–Crippen LogP) is 4.16. The van der Waals surface area contributed by atoms with Gasteiger partial charge in [0.2, 0.25) is 15.9 Å². The molecule has 1 unspecified atom stereocenters. The van der Waals surface area contributed by atoms with Crippen LogP contribution in [-0.4, -0.2) is 57.7 Å². The van der Waals surface area contributed by atoms with E-state index in [2.05, 4.69) is 4.90 Å². The van der Waals surface area contributed by atoms with E-state index < -0.39 is 16.1 Å². The van der Waals surface area contributed by atoms with Crippen LogP contribution in [0.25, 0.3) is 0 Å². The number of nitrogens with zero attached hydrogens (tertiary/aromatic N) is 3. The van der Waals surface area contributed by atoms with E-state index in [9.17, 15) is 13.2 Å². The number of anilines is 2. The Bertz CT molecular complexity index is 1100. The molecular weight excluding hydrogens is 446 g/mol. The minimum Gasteiger partial charge on any atom is -0.368 e. The van der Waals surface area contributed by atoms with Crippen molar-refractivity contribution in [2.75, 3.05) is 41.6 Å². The van der Waals surface area contributed by atoms with Gasteiger partial charge in [0, 0.05) is 36.9 Å². The van der Waals surface area contributed by atoms with Gasteiger partial charge < -0.3 is 9.80 Å². The fourth-order valence-electron chi connectivity index (χ4n) is 4.21. The number of rotatable bonds is 6. The Hall–Kier alpha value is -2.25. The second-order valence-corrected chi connectivity index (χ2v) is 10.8. The lowest BCUT2D eigenvalue weighted by Crippen LogP contribution is -2.56. The molecule has 1 atom stereocenters. The van der Waals surface area contributed by atoms with E-state index >= 15 is 0 Å². The number of hydrogen-bond acceptors (Lipinski definition) is 4. The smallest absolute Gasteiger partial charge is 0.246 e. The van der Waals surface area contributed by atoms with Crippen LogP contribution in [0.4, 0.5) is 11.4 Å². The molecule has 8 heteroatoms. The molecule has 174 valence electrons. The fourth-order valence-corrected chi connectivity index (χ4v) is 5.57. The molecule has 3 rings (SSSR count). The average molecular weight is 478 g/mol. The molecule has 0 N–H and O–H groups in total. The summed E-state index contributed by atoms with van der Waals surface area (Å²) in [5.41, 5.74) is 4.81. The Morgan fingerprint density at radius 1 is 1.00 bits per heavy atom. The molecule has 1 aliphatic heterocycles. The topological polar surface area (TPSA) is 60.9 Å². The van der Waals surface area contributed by atoms with Crippen LogP contribution in [0.2, 0.25) is 5.02 Å². The summed E-state index contributed by atoms with van der Waals surface area (Å²) in [6.45, 7) is 10.2. The van der Waals surface area contributed by atoms with Crippen LogP contribution in [0.1, 0.15) is 30.0 Å². The molecular formula is C24H32ClN3O3S. The minimum absolute atomic E-state index is 0.154. The van der Waals surface area contributed by atoms with Crippen LogP contribution in [0.3, 0.4) is 0 Å². The lowest BCUT2D eigenvalue weighted by molar-refractivity contribution is -0.132. The van der Waals surface area contributed by atoms with E-state index in [1.54, 1.807) is 11.0 Å². The van der Waals surface area contributed by atoms with Gasteiger partial charge in [-0.25, -0.2) is 8.42 Å². The third kappa shape index (κ3) is 5.21. The van der Waals surface area contributed by atoms with Gasteiger partial charge in [0.1, 0.15) is 6.04 Å². The highest BCUT2D eigenvalue weighted by Gasteiger charge is 2.35. The number of carbonyl (C=O) groups is 1. The molecule has 0 saturated carbocycles. The van der Waals surface area contributed by atoms with Crippen molar-refractivity contribution in [1.82, 2.24) is 4.90 Å². The van der Waals surface area contributed by atoms with E-state index in [1.807, 2.05) is 58.0 Å². The van der Waals surface area contributed by atoms with Crippen molar-refractivity contribution in [3.63, 3.8) is 0 Å². The molecule has 1 fully saturated rings. The number of sulfonamides is 1. The van der Waals surface area contributed by atoms with Gasteiger partial charge in [-0.1, -0.05) is 30.7 Å². The number of hydrogen-bond donors (Lipinski definition) is 0. The lowest BCUT2D eigenvalue weighted by atomic mass is 10.1. The first kappa shape index (κ1) is 24.4. The zero-order valence-corrected chi connectivity index (χ0v) is 21.0. The first-order chi connectivity index (χ1) is 15.0. The van der Waals surface area contributed by atoms with E-state index in [0.29, 0.717) is 43.3 Å². The van der Waals surface area contributed by atoms with Gasteiger partial charge in [-0.2, -0.15) is 0 Å². The van der Waals surface area contributed by atoms with Crippen molar-refractivity contribution in [3.05, 3.63) is 58.1 Å². The number of amides is 1. The third-order valence-electron chi connectivity index (χ3n) is 6.16. The van der Waals surface area contributed by atoms with Gasteiger partial charge in [-0.05, 0) is 68.1 Å². The maximum atomic E-state index is 13.5. The van der Waals surface area contributed by atoms with Crippen LogP contribution in [0, 0.1) is 20.8 Å². The van der Waals surface area contributed by atoms with Crippen LogP contribution in [0.15, 0.2) is 36.4 Å². The van der Waals surface area contributed by atoms with Crippen molar-refractivity contribution >= 4 is 38.9 Å². The summed E-state index contributed by atoms with van der Waals surface area (Å²) in [6, 6.07) is 10.6. The number of benzene rings is 2. The first-order valence-electron chi connectivity index (χ1n) is 10.9. The van der Waals surface area contributed by atoms with Gasteiger partial charge in [-0.3, -0.25) is 9.10 Å². The summed E-state index contributed by atoms with van der Waals surface area (Å²) >= 11 is 6.18. The molecule has 1 saturated heterocycles. The van der Waals surface area contributed by atoms with E-state index in [1.165, 1.54) is 4.31 Å². The number of halogens is 1. The van der Waals surface area contributed by atoms with Crippen molar-refractivity contribution in [1.29, 1.82) is 0 Å². The molecule has 2 aromatic rings. The predicted molar refractivity (Wildman–Crippen MR) is 132 cm³/mol. The summed E-state index contributed by atoms with van der Waals surface area (Å²) in [6.07, 6.45) is 1.56. The van der Waals surface area contributed by atoms with Crippen molar-refractivity contribution in [2.24, 2.45) is 0 Å². The zero-order chi connectivity index (χ0) is 23.6. The molecule has 0 aromatic heterocycles. The summed E-state index contributed by atoms with van der Waals surface area (Å²) in [7, 11) is -3.65. The van der Waals surface area contributed by atoms with Gasteiger partial charge in [0.15, 0.2) is 0 Å². The monoisotopic (exact) mass is 477 g/mol. The average Bonchev–Trinajstić information content (AvgIpc) is 2.74. The van der Waals surface area contributed by atoms with Gasteiger partial charge in [0.05, 0.1) is 11.9 Å². The fraction of sp³-hybridized carbons (Fsp3) is 0.458. The van der Waals surface area contributed by atoms with Crippen molar-refractivity contribution < 1.29 is 13.2 Å². The van der Waals surface area contributed by atoms with Crippen LogP contribution >= 0.6 is 11.6 Å². The molecule has 1 amide bonds. The minimum atomic E-state index is -3.65. The molecule has 0 bridgehead atoms. The molecule has 1 aliphatic rings. The largest absolute Gasteiger partial charge is 0.368 e. The standard InChI is InChI=1S/C24H32ClN3O3S/c1-6-22(28(32(5,30)31)21-10-8-17(2)19(4)15-21)24(29)27-13-11-26(12-14-27)23-16-20(25)9-7-18(23)3/h7-10,15-16,22H,6,11-14H2,1-5H3. The Kier molecular flexibility index (Phi) is 7.40. The Balaban J connectivity index is 1.81. The zero-order valence-electron chi connectivity index (χ0n) is 19.4. The maximum Gasteiger partial charge on any atom is 0.246 e. The highest BCUT2D eigenvalue weighted by molar-refractivity contribution is 7.92. The van der Waals surface area contributed by atoms with Gasteiger partial charge >= 0.3 is 0 Å². The van der Waals surface area contributed by atoms with E-state index in [4.69, 9.17) is 11.6 Å². The molecule has 1 heterocycles. The second-order valence-electron chi connectivity index (χ2n) is 8.49. The number of carbonyl (C=O) groups excluding carboxylic acids is 1. The first-order valence-corrected chi connectivity index (χ1v) is 13.1. The molecule has 32 heavy (non-hydrogen) atoms. The van der Waals surface area contributed by atoms with E-state index in [0.717, 1.165) is 28.6 Å². The molecule has 2 aromatic carbocycles. The lowest BCUT2D eigenvalue weighted by Gasteiger charge is -2.40. The molecule has 0 spiro atoms. The quantitative estimate of drug-likeness (QED) is 0.626. The van der Waals surface area contributed by atoms with Gasteiger partial charge in [-0.15, -0.1) is 0 Å². The van der Waals surface area contributed by atoms with Crippen LogP contribution in [-0.2, 0) is 14.8 Å². The number of aryl methyl sites for hydroxylation is 3. The molecule has 0 aliphatic carbocycles. The van der Waals surface area contributed by atoms with Crippen molar-refractivity contribution in [3.8, 4) is 0 Å². The van der Waals surface area contributed by atoms with Crippen LogP contribution < -0.4 is 9.21 Å². The highest BCUT2D eigenvalue weighted by atomic mass is 35.5. The summed E-state index contributed by atoms with van der Waals surface area (Å²) < 4.78 is 26.8. The highest BCUT2D eigenvalue weighted by Crippen LogP contribution is 2.28.